The van der Waals surface area contributed by atoms with Gasteiger partial charge in [-0.2, -0.15) is 0 Å². The molecule has 0 amide bonds. The van der Waals surface area contributed by atoms with Crippen LogP contribution in [-0.2, 0) is 13.6 Å². The molecule has 1 aromatic heterocycles. The van der Waals surface area contributed by atoms with Crippen LogP contribution in [-0.4, -0.2) is 33.3 Å². The zero-order valence-corrected chi connectivity index (χ0v) is 14.6. The van der Waals surface area contributed by atoms with Gasteiger partial charge in [0, 0.05) is 19.6 Å². The van der Waals surface area contributed by atoms with Gasteiger partial charge in [0.05, 0.1) is 0 Å². The van der Waals surface area contributed by atoms with Crippen LogP contribution in [0.15, 0.2) is 17.1 Å². The summed E-state index contributed by atoms with van der Waals surface area (Å²) in [6.45, 7) is 5.39. The highest BCUT2D eigenvalue weighted by Crippen LogP contribution is 2.08. The molecule has 0 aliphatic heterocycles. The molecule has 1 aliphatic carbocycles. The lowest BCUT2D eigenvalue weighted by Gasteiger charge is -2.16. The summed E-state index contributed by atoms with van der Waals surface area (Å²) in [6, 6.07) is 0.457. The summed E-state index contributed by atoms with van der Waals surface area (Å²) in [6.07, 6.45) is 6.53. The summed E-state index contributed by atoms with van der Waals surface area (Å²) in [7, 11) is 1.96. The molecule has 0 saturated heterocycles. The Hall–Kier alpha value is -1.12. The molecule has 0 radical (unpaired) electrons. The van der Waals surface area contributed by atoms with E-state index in [9.17, 15) is 0 Å². The number of guanidine groups is 1. The van der Waals surface area contributed by atoms with E-state index in [2.05, 4.69) is 44.9 Å². The number of nitrogens with zero attached hydrogens (tertiary/aromatic N) is 4. The van der Waals surface area contributed by atoms with E-state index in [1.807, 2.05) is 18.5 Å². The van der Waals surface area contributed by atoms with Crippen LogP contribution in [0, 0.1) is 6.92 Å². The molecule has 0 aromatic carbocycles. The minimum Gasteiger partial charge on any atom is -0.357 e. The van der Waals surface area contributed by atoms with E-state index in [4.69, 9.17) is 0 Å². The third kappa shape index (κ3) is 4.46. The van der Waals surface area contributed by atoms with Crippen LogP contribution >= 0.6 is 24.0 Å². The smallest absolute Gasteiger partial charge is 0.191 e. The Morgan fingerprint density at radius 3 is 2.65 bits per heavy atom. The molecule has 1 heterocycles. The molecular weight excluding hydrogens is 367 g/mol. The van der Waals surface area contributed by atoms with Gasteiger partial charge in [-0.25, -0.2) is 4.99 Å². The van der Waals surface area contributed by atoms with Gasteiger partial charge >= 0.3 is 0 Å². The molecule has 0 spiro atoms. The highest BCUT2D eigenvalue weighted by molar-refractivity contribution is 14.0. The minimum absolute atomic E-state index is 0. The summed E-state index contributed by atoms with van der Waals surface area (Å²) >= 11 is 0. The van der Waals surface area contributed by atoms with Crippen LogP contribution in [0.2, 0.25) is 0 Å². The molecule has 1 aromatic rings. The summed E-state index contributed by atoms with van der Waals surface area (Å²) in [5, 5.41) is 14.8. The largest absolute Gasteiger partial charge is 0.357 e. The van der Waals surface area contributed by atoms with Gasteiger partial charge in [-0.15, -0.1) is 34.2 Å². The normalized spacial score (nSPS) is 15.2. The second-order valence-corrected chi connectivity index (χ2v) is 4.70. The van der Waals surface area contributed by atoms with E-state index in [-0.39, 0.29) is 24.0 Å². The summed E-state index contributed by atoms with van der Waals surface area (Å²) < 4.78 is 1.96. The van der Waals surface area contributed by atoms with E-state index >= 15 is 0 Å². The molecule has 0 fully saturated rings. The lowest BCUT2D eigenvalue weighted by atomic mass is 10.2. The number of halogens is 1. The van der Waals surface area contributed by atoms with Gasteiger partial charge < -0.3 is 15.2 Å². The second kappa shape index (κ2) is 8.23. The zero-order chi connectivity index (χ0) is 13.7. The standard InChI is InChI=1S/C13H22N6.HI/c1-4-14-13(16-11-7-5-6-8-11)15-9-12-18-17-10(2)19(12)3;/h5-6,11H,4,7-9H2,1-3H3,(H2,14,15,16);1H. The van der Waals surface area contributed by atoms with Crippen LogP contribution in [0.25, 0.3) is 0 Å². The van der Waals surface area contributed by atoms with Gasteiger partial charge in [0.25, 0.3) is 0 Å². The first-order valence-electron chi connectivity index (χ1n) is 6.75. The first-order valence-corrected chi connectivity index (χ1v) is 6.75. The summed E-state index contributed by atoms with van der Waals surface area (Å²) in [4.78, 5) is 4.56. The number of hydrogen-bond donors (Lipinski definition) is 2. The molecule has 2 N–H and O–H groups in total. The molecule has 0 atom stereocenters. The van der Waals surface area contributed by atoms with Crippen LogP contribution in [0.1, 0.15) is 31.4 Å². The molecule has 20 heavy (non-hydrogen) atoms. The minimum atomic E-state index is 0. The van der Waals surface area contributed by atoms with Crippen molar-refractivity contribution in [2.75, 3.05) is 6.54 Å². The number of aryl methyl sites for hydroxylation is 1. The van der Waals surface area contributed by atoms with Gasteiger partial charge in [-0.05, 0) is 26.7 Å². The monoisotopic (exact) mass is 390 g/mol. The Kier molecular flexibility index (Phi) is 6.97. The van der Waals surface area contributed by atoms with Crippen molar-refractivity contribution in [2.24, 2.45) is 12.0 Å². The lowest BCUT2D eigenvalue weighted by Crippen LogP contribution is -2.42. The van der Waals surface area contributed by atoms with E-state index in [1.54, 1.807) is 0 Å². The Bertz CT molecular complexity index is 471. The molecule has 6 nitrogen and oxygen atoms in total. The van der Waals surface area contributed by atoms with E-state index in [1.165, 1.54) is 0 Å². The summed E-state index contributed by atoms with van der Waals surface area (Å²) in [5.74, 6) is 2.62. The van der Waals surface area contributed by atoms with Gasteiger partial charge in [0.1, 0.15) is 12.4 Å². The topological polar surface area (TPSA) is 67.1 Å². The number of hydrogen-bond acceptors (Lipinski definition) is 3. The molecule has 0 unspecified atom stereocenters. The van der Waals surface area contributed by atoms with Gasteiger partial charge in [-0.3, -0.25) is 0 Å². The van der Waals surface area contributed by atoms with Crippen molar-refractivity contribution in [3.8, 4) is 0 Å². The Morgan fingerprint density at radius 2 is 2.10 bits per heavy atom. The highest BCUT2D eigenvalue weighted by Gasteiger charge is 2.12. The van der Waals surface area contributed by atoms with E-state index in [0.717, 1.165) is 37.0 Å². The molecule has 0 bridgehead atoms. The van der Waals surface area contributed by atoms with Gasteiger partial charge in [-0.1, -0.05) is 12.2 Å². The van der Waals surface area contributed by atoms with Crippen molar-refractivity contribution in [2.45, 2.75) is 39.3 Å². The molecule has 7 heteroatoms. The SMILES string of the molecule is CCNC(=NCc1nnc(C)n1C)NC1CC=CC1.I. The maximum Gasteiger partial charge on any atom is 0.191 e. The molecule has 2 rings (SSSR count). The molecule has 0 saturated carbocycles. The predicted octanol–water partition coefficient (Wildman–Crippen LogP) is 1.52. The van der Waals surface area contributed by atoms with Crippen molar-refractivity contribution >= 4 is 29.9 Å². The maximum atomic E-state index is 4.56. The van der Waals surface area contributed by atoms with Crippen molar-refractivity contribution in [3.63, 3.8) is 0 Å². The maximum absolute atomic E-state index is 4.56. The quantitative estimate of drug-likeness (QED) is 0.354. The van der Waals surface area contributed by atoms with Gasteiger partial charge in [0.2, 0.25) is 0 Å². The highest BCUT2D eigenvalue weighted by atomic mass is 127. The zero-order valence-electron chi connectivity index (χ0n) is 12.3. The van der Waals surface area contributed by atoms with Crippen LogP contribution in [0.4, 0.5) is 0 Å². The fourth-order valence-electron chi connectivity index (χ4n) is 1.99. The van der Waals surface area contributed by atoms with E-state index < -0.39 is 0 Å². The second-order valence-electron chi connectivity index (χ2n) is 4.70. The third-order valence-electron chi connectivity index (χ3n) is 3.25. The van der Waals surface area contributed by atoms with Crippen LogP contribution in [0.3, 0.4) is 0 Å². The van der Waals surface area contributed by atoms with Crippen molar-refractivity contribution in [1.82, 2.24) is 25.4 Å². The first kappa shape index (κ1) is 16.9. The van der Waals surface area contributed by atoms with Crippen LogP contribution in [0.5, 0.6) is 0 Å². The fourth-order valence-corrected chi connectivity index (χ4v) is 1.99. The first-order chi connectivity index (χ1) is 9.20. The van der Waals surface area contributed by atoms with Gasteiger partial charge in [0.15, 0.2) is 11.8 Å². The van der Waals surface area contributed by atoms with Crippen molar-refractivity contribution < 1.29 is 0 Å². The number of rotatable bonds is 4. The predicted molar refractivity (Wildman–Crippen MR) is 91.3 cm³/mol. The lowest BCUT2D eigenvalue weighted by molar-refractivity contribution is 0.631. The molecule has 112 valence electrons. The third-order valence-corrected chi connectivity index (χ3v) is 3.25. The van der Waals surface area contributed by atoms with E-state index in [0.29, 0.717) is 12.6 Å². The average molecular weight is 390 g/mol. The molecule has 1 aliphatic rings. The average Bonchev–Trinajstić information content (AvgIpc) is 3.00. The Balaban J connectivity index is 0.00000200. The van der Waals surface area contributed by atoms with Crippen molar-refractivity contribution in [3.05, 3.63) is 23.8 Å². The Morgan fingerprint density at radius 1 is 1.40 bits per heavy atom. The fraction of sp³-hybridized carbons (Fsp3) is 0.615. The number of aliphatic imine (C=N–C) groups is 1. The van der Waals surface area contributed by atoms with Crippen LogP contribution < -0.4 is 10.6 Å². The van der Waals surface area contributed by atoms with Crippen molar-refractivity contribution in [1.29, 1.82) is 0 Å². The Labute approximate surface area is 137 Å². The number of nitrogens with one attached hydrogen (secondary N) is 2. The summed E-state index contributed by atoms with van der Waals surface area (Å²) in [5.41, 5.74) is 0. The molecular formula is C13H23IN6. The number of aromatic nitrogens is 3.